The fraction of sp³-hybridized carbons (Fsp3) is 0.200. The zero-order chi connectivity index (χ0) is 26.3. The van der Waals surface area contributed by atoms with Crippen LogP contribution in [0.2, 0.25) is 0 Å². The Bertz CT molecular complexity index is 1460. The van der Waals surface area contributed by atoms with Crippen LogP contribution in [0.3, 0.4) is 0 Å². The van der Waals surface area contributed by atoms with Crippen molar-refractivity contribution in [3.05, 3.63) is 71.2 Å². The van der Waals surface area contributed by atoms with Gasteiger partial charge in [-0.15, -0.1) is 0 Å². The summed E-state index contributed by atoms with van der Waals surface area (Å²) in [6, 6.07) is 11.5. The third-order valence-corrected chi connectivity index (χ3v) is 6.06. The van der Waals surface area contributed by atoms with Crippen molar-refractivity contribution in [1.82, 2.24) is 15.0 Å². The molecule has 2 aliphatic rings. The van der Waals surface area contributed by atoms with Crippen molar-refractivity contribution in [1.29, 1.82) is 0 Å². The van der Waals surface area contributed by atoms with Crippen molar-refractivity contribution < 1.29 is 37.5 Å². The summed E-state index contributed by atoms with van der Waals surface area (Å²) < 4.78 is 39.8. The number of rotatable bonds is 4. The van der Waals surface area contributed by atoms with E-state index in [1.54, 1.807) is 30.3 Å². The fourth-order valence-corrected chi connectivity index (χ4v) is 4.37. The van der Waals surface area contributed by atoms with Gasteiger partial charge in [-0.25, -0.2) is 4.79 Å². The van der Waals surface area contributed by atoms with Gasteiger partial charge in [-0.3, -0.25) is 14.6 Å². The average molecular weight is 512 g/mol. The van der Waals surface area contributed by atoms with Crippen molar-refractivity contribution in [3.63, 3.8) is 0 Å². The molecular weight excluding hydrogens is 493 g/mol. The molecule has 37 heavy (non-hydrogen) atoms. The molecule has 2 aromatic heterocycles. The molecule has 2 N–H and O–H groups in total. The van der Waals surface area contributed by atoms with E-state index in [9.17, 15) is 32.7 Å². The Morgan fingerprint density at radius 2 is 1.95 bits per heavy atom. The number of nitrogens with zero attached hydrogens (tertiary/aromatic N) is 3. The minimum atomic E-state index is -5.24. The summed E-state index contributed by atoms with van der Waals surface area (Å²) in [5, 5.41) is 12.1. The van der Waals surface area contributed by atoms with Crippen LogP contribution in [0, 0.1) is 0 Å². The molecule has 0 unspecified atom stereocenters. The van der Waals surface area contributed by atoms with Crippen LogP contribution >= 0.6 is 0 Å². The number of carbonyl (C=O) groups excluding carboxylic acids is 3. The number of aliphatic hydroxyl groups is 1. The zero-order valence-electron chi connectivity index (χ0n) is 19.1. The van der Waals surface area contributed by atoms with Gasteiger partial charge in [0.05, 0.1) is 34.9 Å². The first kappa shape index (κ1) is 24.3. The third-order valence-electron chi connectivity index (χ3n) is 6.06. The minimum Gasteiger partial charge on any atom is -0.387 e. The van der Waals surface area contributed by atoms with E-state index in [0.29, 0.717) is 28.1 Å². The lowest BCUT2D eigenvalue weighted by Gasteiger charge is -2.29. The van der Waals surface area contributed by atoms with E-state index in [4.69, 9.17) is 4.84 Å². The first-order valence-corrected chi connectivity index (χ1v) is 11.2. The quantitative estimate of drug-likeness (QED) is 0.555. The number of nitrogens with one attached hydrogen (secondary N) is 1. The van der Waals surface area contributed by atoms with Crippen molar-refractivity contribution in [2.75, 3.05) is 24.6 Å². The van der Waals surface area contributed by atoms with Crippen LogP contribution in [0.1, 0.15) is 27.3 Å². The number of alkyl halides is 3. The van der Waals surface area contributed by atoms with Crippen molar-refractivity contribution in [3.8, 4) is 11.3 Å². The predicted octanol–water partition coefficient (Wildman–Crippen LogP) is 2.23. The number of fused-ring (bicyclic) bond motifs is 2. The molecule has 0 spiro atoms. The van der Waals surface area contributed by atoms with Gasteiger partial charge in [0.15, 0.2) is 0 Å². The number of halogens is 3. The van der Waals surface area contributed by atoms with E-state index in [2.05, 4.69) is 10.3 Å². The van der Waals surface area contributed by atoms with Gasteiger partial charge in [0.2, 0.25) is 0 Å². The van der Waals surface area contributed by atoms with Crippen LogP contribution in [0.5, 0.6) is 0 Å². The fourth-order valence-electron chi connectivity index (χ4n) is 4.37. The summed E-state index contributed by atoms with van der Waals surface area (Å²) in [4.78, 5) is 46.9. The molecule has 0 fully saturated rings. The van der Waals surface area contributed by atoms with E-state index in [-0.39, 0.29) is 36.5 Å². The van der Waals surface area contributed by atoms with Crippen LogP contribution in [-0.4, -0.2) is 58.5 Å². The lowest BCUT2D eigenvalue weighted by Crippen LogP contribution is -2.37. The molecule has 0 atom stereocenters. The lowest BCUT2D eigenvalue weighted by atomic mass is 9.98. The highest BCUT2D eigenvalue weighted by Crippen LogP contribution is 2.34. The molecule has 12 heteroatoms. The lowest BCUT2D eigenvalue weighted by molar-refractivity contribution is -0.199. The number of carbonyl (C=O) groups is 3. The Morgan fingerprint density at radius 1 is 1.16 bits per heavy atom. The largest absolute Gasteiger partial charge is 0.493 e. The highest BCUT2D eigenvalue weighted by molar-refractivity contribution is 6.03. The van der Waals surface area contributed by atoms with Gasteiger partial charge in [0, 0.05) is 24.7 Å². The third kappa shape index (κ3) is 4.47. The van der Waals surface area contributed by atoms with Gasteiger partial charge in [-0.2, -0.15) is 17.9 Å². The van der Waals surface area contributed by atoms with E-state index < -0.39 is 30.6 Å². The zero-order valence-corrected chi connectivity index (χ0v) is 19.1. The normalized spacial score (nSPS) is 14.9. The molecule has 1 aromatic carbocycles. The Balaban J connectivity index is 1.59. The van der Waals surface area contributed by atoms with Crippen LogP contribution in [0.25, 0.3) is 22.9 Å². The Hall–Kier alpha value is -4.45. The highest BCUT2D eigenvalue weighted by Gasteiger charge is 2.43. The Kier molecular flexibility index (Phi) is 6.04. The predicted molar refractivity (Wildman–Crippen MR) is 125 cm³/mol. The number of para-hydroxylation sites is 1. The second-order valence-corrected chi connectivity index (χ2v) is 8.36. The molecule has 0 aliphatic carbocycles. The smallest absolute Gasteiger partial charge is 0.387 e. The van der Waals surface area contributed by atoms with Gasteiger partial charge in [-0.05, 0) is 41.5 Å². The standard InChI is InChI=1S/C25H19F3N4O5/c26-25(27,28)24(36)37-32-20-6-8-30-23(35)17(20)11-21(32)15-5-7-29-18(10-15)16-9-14-3-1-2-4-19(14)31(12-16)22(34)13-33/h1-5,7,9-11,33H,6,8,12-13H2,(H,30,35). The monoisotopic (exact) mass is 512 g/mol. The topological polar surface area (TPSA) is 114 Å². The number of aromatic nitrogens is 2. The summed E-state index contributed by atoms with van der Waals surface area (Å²) in [6.07, 6.45) is -1.84. The number of pyridine rings is 1. The van der Waals surface area contributed by atoms with Crippen molar-refractivity contribution >= 4 is 35.1 Å². The molecule has 190 valence electrons. The van der Waals surface area contributed by atoms with Gasteiger partial charge < -0.3 is 20.2 Å². The van der Waals surface area contributed by atoms with E-state index in [0.717, 1.165) is 4.73 Å². The molecule has 2 aliphatic heterocycles. The number of hydrogen-bond donors (Lipinski definition) is 2. The van der Waals surface area contributed by atoms with E-state index >= 15 is 0 Å². The average Bonchev–Trinajstić information content (AvgIpc) is 3.26. The molecule has 0 radical (unpaired) electrons. The summed E-state index contributed by atoms with van der Waals surface area (Å²) in [6.45, 7) is -0.432. The summed E-state index contributed by atoms with van der Waals surface area (Å²) in [5.74, 6) is -3.43. The van der Waals surface area contributed by atoms with Gasteiger partial charge >= 0.3 is 12.1 Å². The molecule has 0 bridgehead atoms. The maximum atomic E-state index is 13.0. The Labute approximate surface area is 207 Å². The van der Waals surface area contributed by atoms with Crippen molar-refractivity contribution in [2.24, 2.45) is 0 Å². The highest BCUT2D eigenvalue weighted by atomic mass is 19.4. The molecule has 5 rings (SSSR count). The van der Waals surface area contributed by atoms with E-state index in [1.807, 2.05) is 6.08 Å². The Morgan fingerprint density at radius 3 is 2.70 bits per heavy atom. The van der Waals surface area contributed by atoms with Crippen LogP contribution in [0.4, 0.5) is 18.9 Å². The second kappa shape index (κ2) is 9.21. The minimum absolute atomic E-state index is 0.0587. The van der Waals surface area contributed by atoms with Gasteiger partial charge in [0.1, 0.15) is 6.61 Å². The number of amides is 2. The first-order valence-electron chi connectivity index (χ1n) is 11.2. The van der Waals surface area contributed by atoms with Crippen molar-refractivity contribution in [2.45, 2.75) is 12.6 Å². The van der Waals surface area contributed by atoms with E-state index in [1.165, 1.54) is 23.2 Å². The number of benzene rings is 1. The number of aliphatic hydroxyl groups excluding tert-OH is 1. The van der Waals surface area contributed by atoms with Gasteiger partial charge in [0.25, 0.3) is 11.8 Å². The molecule has 3 aromatic rings. The first-order chi connectivity index (χ1) is 17.7. The molecular formula is C25H19F3N4O5. The molecule has 2 amide bonds. The maximum Gasteiger partial charge on any atom is 0.493 e. The van der Waals surface area contributed by atoms with Gasteiger partial charge in [-0.1, -0.05) is 18.2 Å². The number of hydrogen-bond acceptors (Lipinski definition) is 6. The summed E-state index contributed by atoms with van der Waals surface area (Å²) >= 11 is 0. The number of anilines is 1. The molecule has 0 saturated carbocycles. The second-order valence-electron chi connectivity index (χ2n) is 8.36. The molecule has 9 nitrogen and oxygen atoms in total. The SMILES string of the molecule is O=C1NCCc2c1cc(-c1ccnc(C3=Cc4ccccc4N(C(=O)CO)C3)c1)n2OC(=O)C(F)(F)F. The summed E-state index contributed by atoms with van der Waals surface area (Å²) in [5.41, 5.74) is 2.97. The molecule has 4 heterocycles. The summed E-state index contributed by atoms with van der Waals surface area (Å²) in [7, 11) is 0. The molecule has 0 saturated heterocycles. The van der Waals surface area contributed by atoms with Crippen LogP contribution in [0.15, 0.2) is 48.7 Å². The maximum absolute atomic E-state index is 13.0. The van der Waals surface area contributed by atoms with Crippen LogP contribution < -0.4 is 15.1 Å². The van der Waals surface area contributed by atoms with Crippen LogP contribution in [-0.2, 0) is 16.0 Å².